The first-order valence-electron chi connectivity index (χ1n) is 9.59. The molecule has 0 bridgehead atoms. The average Bonchev–Trinajstić information content (AvgIpc) is 2.72. The minimum atomic E-state index is -1.00. The monoisotopic (exact) mass is 354 g/mol. The van der Waals surface area contributed by atoms with Crippen molar-refractivity contribution in [3.8, 4) is 0 Å². The topological polar surface area (TPSA) is 82.1 Å². The lowest BCUT2D eigenvalue weighted by Crippen LogP contribution is -2.54. The molecule has 3 aliphatic rings. The highest BCUT2D eigenvalue weighted by Crippen LogP contribution is 2.52. The van der Waals surface area contributed by atoms with Gasteiger partial charge in [-0.2, -0.15) is 0 Å². The van der Waals surface area contributed by atoms with Crippen LogP contribution in [0.25, 0.3) is 0 Å². The maximum absolute atomic E-state index is 12.0. The van der Waals surface area contributed by atoms with E-state index < -0.39 is 18.2 Å². The molecule has 4 unspecified atom stereocenters. The molecular weight excluding hydrogens is 324 g/mol. The molecule has 3 rings (SSSR count). The standard InChI is InChI=1S/C19H30O6/c1-10-4-6-14-12(3)18(24-16(22)9-8-15(20)21)25-19-17(14)13(10)7-5-11(2)23-19/h10-14,17-19H,4-9H2,1-3H3,(H,20,21)/t10-,11?,12-,13?,14?,17?,18-,19+/m1/s1. The van der Waals surface area contributed by atoms with E-state index in [0.29, 0.717) is 23.7 Å². The van der Waals surface area contributed by atoms with Gasteiger partial charge < -0.3 is 19.3 Å². The van der Waals surface area contributed by atoms with E-state index in [-0.39, 0.29) is 31.2 Å². The van der Waals surface area contributed by atoms with Crippen LogP contribution in [0.1, 0.15) is 59.3 Å². The first kappa shape index (κ1) is 18.6. The van der Waals surface area contributed by atoms with Crippen molar-refractivity contribution < 1.29 is 28.9 Å². The van der Waals surface area contributed by atoms with Crippen LogP contribution in [0, 0.1) is 29.6 Å². The molecule has 0 aromatic heterocycles. The quantitative estimate of drug-likeness (QED) is 0.781. The highest BCUT2D eigenvalue weighted by molar-refractivity contribution is 5.76. The summed E-state index contributed by atoms with van der Waals surface area (Å²) in [5.74, 6) is 0.630. The molecule has 1 N–H and O–H groups in total. The predicted molar refractivity (Wildman–Crippen MR) is 89.4 cm³/mol. The minimum absolute atomic E-state index is 0.0991. The average molecular weight is 354 g/mol. The third kappa shape index (κ3) is 4.00. The van der Waals surface area contributed by atoms with Crippen molar-refractivity contribution in [1.29, 1.82) is 0 Å². The number of ether oxygens (including phenoxy) is 3. The van der Waals surface area contributed by atoms with Gasteiger partial charge in [0.1, 0.15) is 0 Å². The summed E-state index contributed by atoms with van der Waals surface area (Å²) in [6, 6.07) is 0. The van der Waals surface area contributed by atoms with Crippen molar-refractivity contribution in [3.63, 3.8) is 0 Å². The van der Waals surface area contributed by atoms with Gasteiger partial charge >= 0.3 is 11.9 Å². The first-order valence-corrected chi connectivity index (χ1v) is 9.59. The fourth-order valence-corrected chi connectivity index (χ4v) is 4.98. The van der Waals surface area contributed by atoms with Crippen LogP contribution in [-0.2, 0) is 23.8 Å². The van der Waals surface area contributed by atoms with Crippen molar-refractivity contribution in [2.24, 2.45) is 29.6 Å². The van der Waals surface area contributed by atoms with E-state index in [2.05, 4.69) is 20.8 Å². The third-order valence-corrected chi connectivity index (χ3v) is 6.43. The summed E-state index contributed by atoms with van der Waals surface area (Å²) >= 11 is 0. The maximum atomic E-state index is 12.0. The zero-order valence-electron chi connectivity index (χ0n) is 15.3. The highest BCUT2D eigenvalue weighted by atomic mass is 16.8. The molecule has 2 aliphatic heterocycles. The van der Waals surface area contributed by atoms with E-state index in [1.54, 1.807) is 0 Å². The van der Waals surface area contributed by atoms with Crippen LogP contribution in [0.2, 0.25) is 0 Å². The number of esters is 1. The van der Waals surface area contributed by atoms with Gasteiger partial charge in [-0.05, 0) is 43.9 Å². The number of rotatable bonds is 4. The number of hydrogen-bond donors (Lipinski definition) is 1. The van der Waals surface area contributed by atoms with E-state index in [1.165, 1.54) is 12.8 Å². The predicted octanol–water partition coefficient (Wildman–Crippen LogP) is 3.19. The molecule has 0 aromatic carbocycles. The molecule has 3 fully saturated rings. The van der Waals surface area contributed by atoms with Gasteiger partial charge in [0.2, 0.25) is 6.29 Å². The Kier molecular flexibility index (Phi) is 5.68. The summed E-state index contributed by atoms with van der Waals surface area (Å²) in [5, 5.41) is 8.72. The van der Waals surface area contributed by atoms with E-state index in [1.807, 2.05) is 0 Å². The van der Waals surface area contributed by atoms with Gasteiger partial charge in [-0.25, -0.2) is 0 Å². The van der Waals surface area contributed by atoms with E-state index in [9.17, 15) is 9.59 Å². The van der Waals surface area contributed by atoms with E-state index in [0.717, 1.165) is 12.8 Å². The molecule has 1 aliphatic carbocycles. The zero-order chi connectivity index (χ0) is 18.1. The van der Waals surface area contributed by atoms with Crippen molar-refractivity contribution in [2.45, 2.75) is 78.0 Å². The van der Waals surface area contributed by atoms with Gasteiger partial charge in [0.25, 0.3) is 0 Å². The van der Waals surface area contributed by atoms with Crippen LogP contribution < -0.4 is 0 Å². The van der Waals surface area contributed by atoms with E-state index >= 15 is 0 Å². The summed E-state index contributed by atoms with van der Waals surface area (Å²) in [4.78, 5) is 22.6. The molecule has 1 saturated carbocycles. The Bertz CT molecular complexity index is 506. The Hall–Kier alpha value is -1.14. The Balaban J connectivity index is 1.72. The van der Waals surface area contributed by atoms with Crippen LogP contribution in [0.5, 0.6) is 0 Å². The normalized spacial score (nSPS) is 43.6. The molecule has 25 heavy (non-hydrogen) atoms. The fraction of sp³-hybridized carbons (Fsp3) is 0.895. The lowest BCUT2D eigenvalue weighted by Gasteiger charge is -2.51. The lowest BCUT2D eigenvalue weighted by molar-refractivity contribution is -0.325. The summed E-state index contributed by atoms with van der Waals surface area (Å²) in [6.45, 7) is 6.49. The van der Waals surface area contributed by atoms with Crippen LogP contribution >= 0.6 is 0 Å². The number of aliphatic carboxylic acids is 1. The molecule has 0 aromatic rings. The number of carboxylic acid groups (broad SMARTS) is 1. The molecule has 6 heteroatoms. The van der Waals surface area contributed by atoms with Gasteiger partial charge in [0.05, 0.1) is 18.9 Å². The Morgan fingerprint density at radius 2 is 1.72 bits per heavy atom. The number of carbonyl (C=O) groups is 2. The van der Waals surface area contributed by atoms with Crippen LogP contribution in [-0.4, -0.2) is 35.7 Å². The second-order valence-corrected chi connectivity index (χ2v) is 8.10. The van der Waals surface area contributed by atoms with Gasteiger partial charge in [-0.1, -0.05) is 20.3 Å². The SMILES string of the molecule is CC1CCC2C3C(CC[C@H]2C)[C@@H](C)[C@H](OC(=O)CCC(=O)O)O[C@@H]3O1. The van der Waals surface area contributed by atoms with Crippen LogP contribution in [0.15, 0.2) is 0 Å². The fourth-order valence-electron chi connectivity index (χ4n) is 4.98. The number of carboxylic acids is 1. The van der Waals surface area contributed by atoms with Gasteiger partial charge in [0.15, 0.2) is 6.29 Å². The van der Waals surface area contributed by atoms with E-state index in [4.69, 9.17) is 19.3 Å². The summed E-state index contributed by atoms with van der Waals surface area (Å²) in [5.41, 5.74) is 0. The molecule has 6 nitrogen and oxygen atoms in total. The van der Waals surface area contributed by atoms with Crippen molar-refractivity contribution >= 4 is 11.9 Å². The first-order chi connectivity index (χ1) is 11.9. The smallest absolute Gasteiger partial charge is 0.308 e. The second-order valence-electron chi connectivity index (χ2n) is 8.10. The van der Waals surface area contributed by atoms with Crippen molar-refractivity contribution in [1.82, 2.24) is 0 Å². The van der Waals surface area contributed by atoms with Crippen LogP contribution in [0.3, 0.4) is 0 Å². The lowest BCUT2D eigenvalue weighted by atomic mass is 9.61. The minimum Gasteiger partial charge on any atom is -0.481 e. The number of hydrogen-bond acceptors (Lipinski definition) is 5. The molecule has 0 spiro atoms. The molecule has 8 atom stereocenters. The molecule has 2 saturated heterocycles. The summed E-state index contributed by atoms with van der Waals surface area (Å²) in [6.07, 6.45) is 3.31. The molecule has 142 valence electrons. The van der Waals surface area contributed by atoms with Crippen molar-refractivity contribution in [3.05, 3.63) is 0 Å². The molecule has 0 amide bonds. The van der Waals surface area contributed by atoms with Gasteiger partial charge in [-0.15, -0.1) is 0 Å². The Morgan fingerprint density at radius 3 is 2.44 bits per heavy atom. The molecule has 2 heterocycles. The second kappa shape index (κ2) is 7.62. The van der Waals surface area contributed by atoms with Crippen LogP contribution in [0.4, 0.5) is 0 Å². The largest absolute Gasteiger partial charge is 0.481 e. The summed E-state index contributed by atoms with van der Waals surface area (Å²) in [7, 11) is 0. The molecule has 0 radical (unpaired) electrons. The maximum Gasteiger partial charge on any atom is 0.308 e. The Morgan fingerprint density at radius 1 is 1.00 bits per heavy atom. The summed E-state index contributed by atoms with van der Waals surface area (Å²) < 4.78 is 17.7. The Labute approximate surface area is 149 Å². The van der Waals surface area contributed by atoms with Gasteiger partial charge in [-0.3, -0.25) is 9.59 Å². The molecular formula is C19H30O6. The third-order valence-electron chi connectivity index (χ3n) is 6.43. The van der Waals surface area contributed by atoms with Gasteiger partial charge in [0, 0.05) is 11.8 Å². The zero-order valence-corrected chi connectivity index (χ0v) is 15.3. The number of carbonyl (C=O) groups excluding carboxylic acids is 1. The highest BCUT2D eigenvalue weighted by Gasteiger charge is 2.53. The van der Waals surface area contributed by atoms with Crippen molar-refractivity contribution in [2.75, 3.05) is 0 Å².